The molecular formula is C24H32N6O3. The average Bonchev–Trinajstić information content (AvgIpc) is 2.77. The maximum Gasteiger partial charge on any atom is 0.253 e. The molecule has 3 rings (SSSR count). The lowest BCUT2D eigenvalue weighted by molar-refractivity contribution is -0.130. The Morgan fingerprint density at radius 2 is 1.97 bits per heavy atom. The molecule has 1 fully saturated rings. The lowest BCUT2D eigenvalue weighted by Gasteiger charge is -2.32. The third kappa shape index (κ3) is 6.00. The van der Waals surface area contributed by atoms with Gasteiger partial charge in [0, 0.05) is 64.2 Å². The summed E-state index contributed by atoms with van der Waals surface area (Å²) in [7, 11) is 3.44. The lowest BCUT2D eigenvalue weighted by Crippen LogP contribution is -2.40. The summed E-state index contributed by atoms with van der Waals surface area (Å²) in [6.07, 6.45) is 3.42. The van der Waals surface area contributed by atoms with E-state index in [4.69, 9.17) is 5.73 Å². The topological polar surface area (TPSA) is 121 Å². The zero-order valence-corrected chi connectivity index (χ0v) is 19.6. The van der Waals surface area contributed by atoms with Gasteiger partial charge in [-0.3, -0.25) is 14.4 Å². The van der Waals surface area contributed by atoms with E-state index in [1.165, 1.54) is 6.20 Å². The molecule has 0 saturated carbocycles. The van der Waals surface area contributed by atoms with Crippen LogP contribution in [-0.2, 0) is 4.79 Å². The summed E-state index contributed by atoms with van der Waals surface area (Å²) < 4.78 is 0. The number of aromatic nitrogens is 1. The Morgan fingerprint density at radius 1 is 1.21 bits per heavy atom. The Balaban J connectivity index is 1.75. The minimum absolute atomic E-state index is 0.0551. The van der Waals surface area contributed by atoms with Crippen molar-refractivity contribution in [1.29, 1.82) is 0 Å². The minimum Gasteiger partial charge on any atom is -0.384 e. The average molecular weight is 453 g/mol. The van der Waals surface area contributed by atoms with Crippen LogP contribution in [0, 0.1) is 12.8 Å². The highest BCUT2D eigenvalue weighted by atomic mass is 16.2. The lowest BCUT2D eigenvalue weighted by atomic mass is 9.97. The number of pyridine rings is 1. The van der Waals surface area contributed by atoms with Crippen LogP contribution in [0.15, 0.2) is 30.5 Å². The molecule has 2 heterocycles. The number of benzene rings is 1. The van der Waals surface area contributed by atoms with Gasteiger partial charge in [0.15, 0.2) is 0 Å². The monoisotopic (exact) mass is 452 g/mol. The van der Waals surface area contributed by atoms with Crippen molar-refractivity contribution in [3.05, 3.63) is 47.2 Å². The fourth-order valence-electron chi connectivity index (χ4n) is 4.01. The SMILES string of the molecule is CC(=O)N1CCCC(CNc2cc(Nc3ccc(C(=O)N(C)C)c(C)c3)ncc2C(N)=O)C1. The van der Waals surface area contributed by atoms with Gasteiger partial charge in [0.2, 0.25) is 5.91 Å². The standard InChI is InChI=1S/C24H32N6O3/c1-15-10-18(7-8-19(15)24(33)29(3)4)28-22-11-21(20(13-27-22)23(25)32)26-12-17-6-5-9-30(14-17)16(2)31/h7-8,10-11,13,17H,5-6,9,12,14H2,1-4H3,(H2,25,32)(H2,26,27,28). The van der Waals surface area contributed by atoms with Crippen molar-refractivity contribution in [3.63, 3.8) is 0 Å². The Labute approximate surface area is 194 Å². The van der Waals surface area contributed by atoms with E-state index >= 15 is 0 Å². The van der Waals surface area contributed by atoms with Crippen LogP contribution in [0.2, 0.25) is 0 Å². The van der Waals surface area contributed by atoms with Crippen LogP contribution in [-0.4, -0.2) is 66.2 Å². The molecule has 33 heavy (non-hydrogen) atoms. The Bertz CT molecular complexity index is 1050. The molecular weight excluding hydrogens is 420 g/mol. The largest absolute Gasteiger partial charge is 0.384 e. The second-order valence-electron chi connectivity index (χ2n) is 8.69. The van der Waals surface area contributed by atoms with E-state index < -0.39 is 5.91 Å². The summed E-state index contributed by atoms with van der Waals surface area (Å²) in [5.74, 6) is 0.301. The Morgan fingerprint density at radius 3 is 2.61 bits per heavy atom. The summed E-state index contributed by atoms with van der Waals surface area (Å²) in [5.41, 5.74) is 8.71. The van der Waals surface area contributed by atoms with E-state index in [9.17, 15) is 14.4 Å². The number of anilines is 3. The normalized spacial score (nSPS) is 15.6. The molecule has 1 unspecified atom stereocenters. The van der Waals surface area contributed by atoms with Crippen LogP contribution in [0.1, 0.15) is 46.0 Å². The molecule has 1 aliphatic rings. The van der Waals surface area contributed by atoms with E-state index in [0.29, 0.717) is 35.7 Å². The van der Waals surface area contributed by atoms with Crippen molar-refractivity contribution >= 4 is 34.9 Å². The molecule has 1 aromatic heterocycles. The number of piperidine rings is 1. The molecule has 4 N–H and O–H groups in total. The van der Waals surface area contributed by atoms with Gasteiger partial charge in [0.05, 0.1) is 11.3 Å². The van der Waals surface area contributed by atoms with Crippen LogP contribution >= 0.6 is 0 Å². The van der Waals surface area contributed by atoms with Crippen molar-refractivity contribution in [1.82, 2.24) is 14.8 Å². The number of carbonyl (C=O) groups is 3. The van der Waals surface area contributed by atoms with E-state index in [0.717, 1.165) is 30.6 Å². The van der Waals surface area contributed by atoms with E-state index in [-0.39, 0.29) is 17.7 Å². The first-order valence-electron chi connectivity index (χ1n) is 11.0. The van der Waals surface area contributed by atoms with Gasteiger partial charge < -0.3 is 26.2 Å². The predicted octanol–water partition coefficient (Wildman–Crippen LogP) is 2.60. The summed E-state index contributed by atoms with van der Waals surface area (Å²) in [6, 6.07) is 7.23. The van der Waals surface area contributed by atoms with Gasteiger partial charge in [-0.1, -0.05) is 0 Å². The molecule has 1 saturated heterocycles. The molecule has 0 spiro atoms. The number of carbonyl (C=O) groups excluding carboxylic acids is 3. The summed E-state index contributed by atoms with van der Waals surface area (Å²) in [6.45, 7) is 5.58. The zero-order valence-electron chi connectivity index (χ0n) is 19.6. The fourth-order valence-corrected chi connectivity index (χ4v) is 4.01. The molecule has 2 aromatic rings. The van der Waals surface area contributed by atoms with Crippen molar-refractivity contribution in [2.75, 3.05) is 44.4 Å². The summed E-state index contributed by atoms with van der Waals surface area (Å²) in [4.78, 5) is 43.6. The molecule has 0 bridgehead atoms. The van der Waals surface area contributed by atoms with Gasteiger partial charge in [-0.2, -0.15) is 0 Å². The number of amides is 3. The van der Waals surface area contributed by atoms with Gasteiger partial charge in [-0.15, -0.1) is 0 Å². The first-order chi connectivity index (χ1) is 15.7. The third-order valence-corrected chi connectivity index (χ3v) is 5.85. The quantitative estimate of drug-likeness (QED) is 0.594. The second kappa shape index (κ2) is 10.3. The zero-order chi connectivity index (χ0) is 24.1. The van der Waals surface area contributed by atoms with Gasteiger partial charge in [-0.05, 0) is 49.4 Å². The fraction of sp³-hybridized carbons (Fsp3) is 0.417. The smallest absolute Gasteiger partial charge is 0.253 e. The van der Waals surface area contributed by atoms with Gasteiger partial charge >= 0.3 is 0 Å². The maximum atomic E-state index is 12.3. The van der Waals surface area contributed by atoms with Crippen LogP contribution < -0.4 is 16.4 Å². The van der Waals surface area contributed by atoms with Crippen molar-refractivity contribution in [2.24, 2.45) is 11.7 Å². The van der Waals surface area contributed by atoms with Crippen LogP contribution in [0.3, 0.4) is 0 Å². The number of nitrogens with two attached hydrogens (primary N) is 1. The molecule has 176 valence electrons. The number of primary amides is 1. The molecule has 9 nitrogen and oxygen atoms in total. The highest BCUT2D eigenvalue weighted by Gasteiger charge is 2.22. The van der Waals surface area contributed by atoms with E-state index in [2.05, 4.69) is 15.6 Å². The molecule has 1 aliphatic heterocycles. The second-order valence-corrected chi connectivity index (χ2v) is 8.69. The molecule has 1 atom stereocenters. The van der Waals surface area contributed by atoms with Gasteiger partial charge in [0.1, 0.15) is 5.82 Å². The minimum atomic E-state index is -0.562. The number of likely N-dealkylation sites (tertiary alicyclic amines) is 1. The molecule has 9 heteroatoms. The first-order valence-corrected chi connectivity index (χ1v) is 11.0. The third-order valence-electron chi connectivity index (χ3n) is 5.85. The number of hydrogen-bond acceptors (Lipinski definition) is 6. The molecule has 1 aromatic carbocycles. The van der Waals surface area contributed by atoms with Crippen molar-refractivity contribution in [3.8, 4) is 0 Å². The number of nitrogens with zero attached hydrogens (tertiary/aromatic N) is 3. The predicted molar refractivity (Wildman–Crippen MR) is 129 cm³/mol. The number of rotatable bonds is 7. The van der Waals surface area contributed by atoms with Crippen LogP contribution in [0.5, 0.6) is 0 Å². The summed E-state index contributed by atoms with van der Waals surface area (Å²) in [5, 5.41) is 6.55. The van der Waals surface area contributed by atoms with Crippen LogP contribution in [0.4, 0.5) is 17.2 Å². The van der Waals surface area contributed by atoms with Gasteiger partial charge in [0.25, 0.3) is 11.8 Å². The van der Waals surface area contributed by atoms with Crippen molar-refractivity contribution in [2.45, 2.75) is 26.7 Å². The number of nitrogens with one attached hydrogen (secondary N) is 2. The molecule has 0 radical (unpaired) electrons. The summed E-state index contributed by atoms with van der Waals surface area (Å²) >= 11 is 0. The number of hydrogen-bond donors (Lipinski definition) is 3. The highest BCUT2D eigenvalue weighted by Crippen LogP contribution is 2.25. The Kier molecular flexibility index (Phi) is 7.52. The highest BCUT2D eigenvalue weighted by molar-refractivity contribution is 5.99. The molecule has 0 aliphatic carbocycles. The first kappa shape index (κ1) is 24.0. The van der Waals surface area contributed by atoms with Crippen molar-refractivity contribution < 1.29 is 14.4 Å². The van der Waals surface area contributed by atoms with Gasteiger partial charge in [-0.25, -0.2) is 4.98 Å². The maximum absolute atomic E-state index is 12.3. The van der Waals surface area contributed by atoms with E-state index in [1.807, 2.05) is 24.0 Å². The number of aryl methyl sites for hydroxylation is 1. The Hall–Kier alpha value is -3.62. The molecule has 3 amide bonds. The van der Waals surface area contributed by atoms with E-state index in [1.54, 1.807) is 38.1 Å². The van der Waals surface area contributed by atoms with Crippen LogP contribution in [0.25, 0.3) is 0 Å².